The van der Waals surface area contributed by atoms with Crippen LogP contribution in [0.25, 0.3) is 0 Å². The van der Waals surface area contributed by atoms with Crippen molar-refractivity contribution in [3.8, 4) is 0 Å². The number of imide groups is 1. The molecule has 2 rings (SSSR count). The summed E-state index contributed by atoms with van der Waals surface area (Å²) in [5.74, 6) is -1.76. The summed E-state index contributed by atoms with van der Waals surface area (Å²) in [6, 6.07) is 6.04. The SMILES string of the molecule is CC(C)[C@@H](C(=O)O)N(C)CCOCCOCCOCCON1C(=O)c2ccccc2C1=O. The first kappa shape index (κ1) is 25.9. The van der Waals surface area contributed by atoms with E-state index in [1.165, 1.54) is 0 Å². The van der Waals surface area contributed by atoms with Gasteiger partial charge in [0.05, 0.1) is 57.4 Å². The number of fused-ring (bicyclic) bond motifs is 1. The third kappa shape index (κ3) is 7.35. The Hall–Kier alpha value is -2.37. The molecule has 0 aliphatic carbocycles. The number of ether oxygens (including phenoxy) is 3. The molecule has 178 valence electrons. The van der Waals surface area contributed by atoms with Gasteiger partial charge in [0.15, 0.2) is 0 Å². The highest BCUT2D eigenvalue weighted by molar-refractivity contribution is 6.20. The van der Waals surface area contributed by atoms with Crippen molar-refractivity contribution in [2.45, 2.75) is 19.9 Å². The van der Waals surface area contributed by atoms with E-state index in [0.29, 0.717) is 50.7 Å². The van der Waals surface area contributed by atoms with E-state index in [9.17, 15) is 19.5 Å². The summed E-state index contributed by atoms with van der Waals surface area (Å²) in [4.78, 5) is 42.6. The monoisotopic (exact) mass is 452 g/mol. The first-order chi connectivity index (χ1) is 15.3. The van der Waals surface area contributed by atoms with Crippen LogP contribution >= 0.6 is 0 Å². The van der Waals surface area contributed by atoms with Gasteiger partial charge in [-0.15, -0.1) is 5.06 Å². The summed E-state index contributed by atoms with van der Waals surface area (Å²) in [7, 11) is 1.77. The molecule has 0 bridgehead atoms. The molecule has 1 N–H and O–H groups in total. The van der Waals surface area contributed by atoms with Gasteiger partial charge in [-0.2, -0.15) is 0 Å². The van der Waals surface area contributed by atoms with Crippen LogP contribution in [-0.2, 0) is 23.8 Å². The van der Waals surface area contributed by atoms with Gasteiger partial charge >= 0.3 is 5.97 Å². The number of amides is 2. The number of aliphatic carboxylic acids is 1. The van der Waals surface area contributed by atoms with Crippen LogP contribution in [0.4, 0.5) is 0 Å². The number of likely N-dealkylation sites (N-methyl/N-ethyl adjacent to an activating group) is 1. The zero-order valence-electron chi connectivity index (χ0n) is 18.8. The molecular weight excluding hydrogens is 420 g/mol. The van der Waals surface area contributed by atoms with Crippen LogP contribution in [0, 0.1) is 5.92 Å². The van der Waals surface area contributed by atoms with Crippen molar-refractivity contribution >= 4 is 17.8 Å². The summed E-state index contributed by atoms with van der Waals surface area (Å²) >= 11 is 0. The van der Waals surface area contributed by atoms with E-state index < -0.39 is 23.8 Å². The molecule has 0 fully saturated rings. The van der Waals surface area contributed by atoms with Crippen LogP contribution in [0.5, 0.6) is 0 Å². The van der Waals surface area contributed by atoms with Crippen molar-refractivity contribution in [1.29, 1.82) is 0 Å². The maximum Gasteiger partial charge on any atom is 0.321 e. The van der Waals surface area contributed by atoms with Gasteiger partial charge in [-0.1, -0.05) is 26.0 Å². The molecule has 1 aromatic rings. The molecule has 0 radical (unpaired) electrons. The van der Waals surface area contributed by atoms with Crippen molar-refractivity contribution < 1.29 is 38.5 Å². The second-order valence-electron chi connectivity index (χ2n) is 7.63. The lowest BCUT2D eigenvalue weighted by molar-refractivity contribution is -0.144. The Balaban J connectivity index is 1.44. The molecule has 32 heavy (non-hydrogen) atoms. The van der Waals surface area contributed by atoms with Crippen molar-refractivity contribution in [3.05, 3.63) is 35.4 Å². The number of carbonyl (C=O) groups is 3. The molecule has 0 aromatic heterocycles. The molecule has 10 heteroatoms. The first-order valence-electron chi connectivity index (χ1n) is 10.6. The molecule has 1 aliphatic heterocycles. The minimum atomic E-state index is -0.833. The van der Waals surface area contributed by atoms with Gasteiger partial charge in [0.25, 0.3) is 11.8 Å². The number of hydrogen-bond donors (Lipinski definition) is 1. The summed E-state index contributed by atoms with van der Waals surface area (Å²) in [6.45, 7) is 6.46. The fourth-order valence-corrected chi connectivity index (χ4v) is 3.34. The number of benzene rings is 1. The zero-order chi connectivity index (χ0) is 23.5. The van der Waals surface area contributed by atoms with E-state index in [4.69, 9.17) is 19.0 Å². The molecule has 1 aromatic carbocycles. The van der Waals surface area contributed by atoms with E-state index in [1.807, 2.05) is 13.8 Å². The van der Waals surface area contributed by atoms with E-state index in [1.54, 1.807) is 36.2 Å². The first-order valence-corrected chi connectivity index (χ1v) is 10.6. The second kappa shape index (κ2) is 13.2. The lowest BCUT2D eigenvalue weighted by atomic mass is 10.0. The third-order valence-corrected chi connectivity index (χ3v) is 4.90. The lowest BCUT2D eigenvalue weighted by Crippen LogP contribution is -2.43. The maximum absolute atomic E-state index is 12.1. The Morgan fingerprint density at radius 1 is 0.906 bits per heavy atom. The van der Waals surface area contributed by atoms with Crippen LogP contribution < -0.4 is 0 Å². The largest absolute Gasteiger partial charge is 0.480 e. The quantitative estimate of drug-likeness (QED) is 0.293. The second-order valence-corrected chi connectivity index (χ2v) is 7.63. The number of hydroxylamine groups is 2. The van der Waals surface area contributed by atoms with Crippen LogP contribution in [0.1, 0.15) is 34.6 Å². The number of hydrogen-bond acceptors (Lipinski definition) is 8. The summed E-state index contributed by atoms with van der Waals surface area (Å²) in [6.07, 6.45) is 0. The summed E-state index contributed by atoms with van der Waals surface area (Å²) in [5, 5.41) is 10.0. The predicted molar refractivity (Wildman–Crippen MR) is 114 cm³/mol. The fourth-order valence-electron chi connectivity index (χ4n) is 3.34. The van der Waals surface area contributed by atoms with Crippen LogP contribution in [-0.4, -0.2) is 98.7 Å². The average molecular weight is 453 g/mol. The Morgan fingerprint density at radius 2 is 1.38 bits per heavy atom. The average Bonchev–Trinajstić information content (AvgIpc) is 2.99. The Bertz CT molecular complexity index is 735. The molecule has 0 spiro atoms. The highest BCUT2D eigenvalue weighted by Crippen LogP contribution is 2.22. The van der Waals surface area contributed by atoms with E-state index in [-0.39, 0.29) is 19.1 Å². The number of rotatable bonds is 16. The summed E-state index contributed by atoms with van der Waals surface area (Å²) < 4.78 is 16.2. The lowest BCUT2D eigenvalue weighted by Gasteiger charge is -2.27. The zero-order valence-corrected chi connectivity index (χ0v) is 18.8. The number of nitrogens with zero attached hydrogens (tertiary/aromatic N) is 2. The molecule has 0 saturated heterocycles. The molecule has 0 saturated carbocycles. The van der Waals surface area contributed by atoms with Crippen molar-refractivity contribution in [3.63, 3.8) is 0 Å². The fraction of sp³-hybridized carbons (Fsp3) is 0.591. The van der Waals surface area contributed by atoms with E-state index >= 15 is 0 Å². The molecule has 1 atom stereocenters. The van der Waals surface area contributed by atoms with Crippen molar-refractivity contribution in [2.24, 2.45) is 5.92 Å². The number of carbonyl (C=O) groups excluding carboxylic acids is 2. The Morgan fingerprint density at radius 3 is 1.84 bits per heavy atom. The standard InChI is InChI=1S/C22H32N2O8/c1-16(2)19(22(27)28)23(3)8-9-29-10-11-30-12-13-31-14-15-32-24-20(25)17-6-4-5-7-18(17)21(24)26/h4-7,16,19H,8-15H2,1-3H3,(H,27,28)/t19-/m0/s1. The van der Waals surface area contributed by atoms with E-state index in [2.05, 4.69) is 0 Å². The molecule has 10 nitrogen and oxygen atoms in total. The van der Waals surface area contributed by atoms with Gasteiger partial charge in [-0.3, -0.25) is 24.1 Å². The molecular formula is C22H32N2O8. The van der Waals surface area contributed by atoms with Gasteiger partial charge in [-0.05, 0) is 25.1 Å². The normalized spacial score (nSPS) is 14.5. The minimum Gasteiger partial charge on any atom is -0.480 e. The number of carboxylic acid groups (broad SMARTS) is 1. The highest BCUT2D eigenvalue weighted by atomic mass is 16.7. The minimum absolute atomic E-state index is 0.0128. The van der Waals surface area contributed by atoms with Crippen LogP contribution in [0.2, 0.25) is 0 Å². The van der Waals surface area contributed by atoms with Crippen LogP contribution in [0.3, 0.4) is 0 Å². The Labute approximate surface area is 187 Å². The molecule has 1 aliphatic rings. The molecule has 2 amide bonds. The third-order valence-electron chi connectivity index (χ3n) is 4.90. The number of carboxylic acids is 1. The molecule has 0 unspecified atom stereocenters. The van der Waals surface area contributed by atoms with E-state index in [0.717, 1.165) is 5.06 Å². The van der Waals surface area contributed by atoms with Gasteiger partial charge in [-0.25, -0.2) is 0 Å². The highest BCUT2D eigenvalue weighted by Gasteiger charge is 2.36. The smallest absolute Gasteiger partial charge is 0.321 e. The van der Waals surface area contributed by atoms with Gasteiger partial charge in [0, 0.05) is 6.54 Å². The van der Waals surface area contributed by atoms with Gasteiger partial charge in [0.2, 0.25) is 0 Å². The topological polar surface area (TPSA) is 115 Å². The van der Waals surface area contributed by atoms with Gasteiger partial charge < -0.3 is 19.3 Å². The van der Waals surface area contributed by atoms with Crippen molar-refractivity contribution in [2.75, 3.05) is 59.8 Å². The Kier molecular flexibility index (Phi) is 10.7. The summed E-state index contributed by atoms with van der Waals surface area (Å²) in [5.41, 5.74) is 0.671. The predicted octanol–water partition coefficient (Wildman–Crippen LogP) is 1.31. The molecule has 1 heterocycles. The van der Waals surface area contributed by atoms with Gasteiger partial charge in [0.1, 0.15) is 6.04 Å². The van der Waals surface area contributed by atoms with Crippen molar-refractivity contribution in [1.82, 2.24) is 9.96 Å². The maximum atomic E-state index is 12.1. The van der Waals surface area contributed by atoms with Crippen LogP contribution in [0.15, 0.2) is 24.3 Å².